The lowest BCUT2D eigenvalue weighted by atomic mass is 10.0. The minimum atomic E-state index is 1.02. The highest BCUT2D eigenvalue weighted by molar-refractivity contribution is 7.98. The molecule has 0 saturated heterocycles. The second kappa shape index (κ2) is 4.40. The molecule has 0 spiro atoms. The Labute approximate surface area is 101 Å². The van der Waals surface area contributed by atoms with Crippen LogP contribution in [0.3, 0.4) is 0 Å². The number of hydrogen-bond donors (Lipinski definition) is 0. The maximum atomic E-state index is 4.37. The summed E-state index contributed by atoms with van der Waals surface area (Å²) in [5, 5.41) is 8.68. The Hall–Kier alpha value is -0.510. The van der Waals surface area contributed by atoms with Crippen molar-refractivity contribution in [3.05, 3.63) is 11.4 Å². The molecule has 0 unspecified atom stereocenters. The first-order valence-corrected chi connectivity index (χ1v) is 7.68. The van der Waals surface area contributed by atoms with Gasteiger partial charge in [-0.3, -0.25) is 0 Å². The fourth-order valence-corrected chi connectivity index (χ4v) is 3.21. The van der Waals surface area contributed by atoms with E-state index in [0.717, 1.165) is 30.6 Å². The Morgan fingerprint density at radius 3 is 2.94 bits per heavy atom. The quantitative estimate of drug-likeness (QED) is 0.807. The largest absolute Gasteiger partial charge is 0.248 e. The van der Waals surface area contributed by atoms with Crippen molar-refractivity contribution in [3.63, 3.8) is 0 Å². The van der Waals surface area contributed by atoms with E-state index in [9.17, 15) is 0 Å². The molecule has 0 radical (unpaired) electrons. The fraction of sp³-hybridized carbons (Fsp3) is 0.833. The summed E-state index contributed by atoms with van der Waals surface area (Å²) in [5.74, 6) is 3.18. The van der Waals surface area contributed by atoms with Gasteiger partial charge in [0.15, 0.2) is 0 Å². The van der Waals surface area contributed by atoms with Gasteiger partial charge in [-0.2, -0.15) is 11.8 Å². The first-order valence-electron chi connectivity index (χ1n) is 6.28. The van der Waals surface area contributed by atoms with Crippen molar-refractivity contribution in [2.24, 2.45) is 11.8 Å². The first-order chi connectivity index (χ1) is 7.88. The normalized spacial score (nSPS) is 27.8. The van der Waals surface area contributed by atoms with Gasteiger partial charge in [0.2, 0.25) is 0 Å². The van der Waals surface area contributed by atoms with Crippen LogP contribution in [-0.2, 0) is 19.4 Å². The standard InChI is InChI=1S/C12H19N3S/c1-16-7-6-15-12-5-3-10-8-9(10)2-4-11(12)13-14-15/h9-10H,2-8H2,1H3/t9-,10+/m0/s1. The topological polar surface area (TPSA) is 30.7 Å². The molecule has 16 heavy (non-hydrogen) atoms. The monoisotopic (exact) mass is 237 g/mol. The van der Waals surface area contributed by atoms with Gasteiger partial charge in [0, 0.05) is 5.75 Å². The molecule has 2 aliphatic carbocycles. The Kier molecular flexibility index (Phi) is 2.92. The van der Waals surface area contributed by atoms with Gasteiger partial charge in [-0.05, 0) is 50.2 Å². The summed E-state index contributed by atoms with van der Waals surface area (Å²) in [6.07, 6.45) is 8.70. The third-order valence-electron chi connectivity index (χ3n) is 4.00. The van der Waals surface area contributed by atoms with E-state index in [1.165, 1.54) is 37.1 Å². The number of aryl methyl sites for hydroxylation is 2. The third kappa shape index (κ3) is 1.99. The molecule has 2 aliphatic rings. The van der Waals surface area contributed by atoms with E-state index in [2.05, 4.69) is 21.2 Å². The van der Waals surface area contributed by atoms with Gasteiger partial charge >= 0.3 is 0 Å². The molecule has 1 aromatic heterocycles. The Bertz CT molecular complexity index is 374. The number of hydrogen-bond acceptors (Lipinski definition) is 3. The first kappa shape index (κ1) is 10.6. The summed E-state index contributed by atoms with van der Waals surface area (Å²) in [6, 6.07) is 0. The maximum absolute atomic E-state index is 4.37. The summed E-state index contributed by atoms with van der Waals surface area (Å²) in [7, 11) is 0. The Morgan fingerprint density at radius 2 is 2.12 bits per heavy atom. The SMILES string of the molecule is CSCCn1nnc2c1CC[C@@H]1C[C@@H]1CC2. The average molecular weight is 237 g/mol. The van der Waals surface area contributed by atoms with Crippen molar-refractivity contribution in [3.8, 4) is 0 Å². The van der Waals surface area contributed by atoms with E-state index in [-0.39, 0.29) is 0 Å². The predicted octanol–water partition coefficient (Wildman–Crippen LogP) is 2.16. The molecule has 4 heteroatoms. The van der Waals surface area contributed by atoms with Crippen LogP contribution >= 0.6 is 11.8 Å². The van der Waals surface area contributed by atoms with Crippen LogP contribution < -0.4 is 0 Å². The highest BCUT2D eigenvalue weighted by Crippen LogP contribution is 2.46. The lowest BCUT2D eigenvalue weighted by Crippen LogP contribution is -2.10. The summed E-state index contributed by atoms with van der Waals surface area (Å²) in [6.45, 7) is 1.03. The van der Waals surface area contributed by atoms with Crippen LogP contribution in [0.5, 0.6) is 0 Å². The fourth-order valence-electron chi connectivity index (χ4n) is 2.86. The third-order valence-corrected chi connectivity index (χ3v) is 4.59. The van der Waals surface area contributed by atoms with E-state index in [4.69, 9.17) is 0 Å². The van der Waals surface area contributed by atoms with Gasteiger partial charge in [0.25, 0.3) is 0 Å². The van der Waals surface area contributed by atoms with Crippen molar-refractivity contribution >= 4 is 11.8 Å². The van der Waals surface area contributed by atoms with E-state index < -0.39 is 0 Å². The minimum absolute atomic E-state index is 1.02. The molecule has 0 aliphatic heterocycles. The molecule has 1 heterocycles. The highest BCUT2D eigenvalue weighted by Gasteiger charge is 2.38. The van der Waals surface area contributed by atoms with E-state index in [1.54, 1.807) is 0 Å². The van der Waals surface area contributed by atoms with Gasteiger partial charge in [-0.15, -0.1) is 5.10 Å². The van der Waals surface area contributed by atoms with Crippen LogP contribution in [0.15, 0.2) is 0 Å². The van der Waals surface area contributed by atoms with Gasteiger partial charge in [0.05, 0.1) is 17.9 Å². The van der Waals surface area contributed by atoms with Crippen LogP contribution in [0.2, 0.25) is 0 Å². The smallest absolute Gasteiger partial charge is 0.0859 e. The Morgan fingerprint density at radius 1 is 1.31 bits per heavy atom. The lowest BCUT2D eigenvalue weighted by molar-refractivity contribution is 0.550. The van der Waals surface area contributed by atoms with Crippen LogP contribution in [-0.4, -0.2) is 27.0 Å². The molecule has 0 N–H and O–H groups in total. The zero-order chi connectivity index (χ0) is 11.0. The van der Waals surface area contributed by atoms with Crippen LogP contribution in [0.25, 0.3) is 0 Å². The summed E-state index contributed by atoms with van der Waals surface area (Å²) < 4.78 is 2.15. The van der Waals surface area contributed by atoms with Crippen LogP contribution in [0.1, 0.15) is 30.7 Å². The molecular weight excluding hydrogens is 218 g/mol. The van der Waals surface area contributed by atoms with Crippen LogP contribution in [0, 0.1) is 11.8 Å². The van der Waals surface area contributed by atoms with Crippen molar-refractivity contribution < 1.29 is 0 Å². The molecule has 1 saturated carbocycles. The summed E-state index contributed by atoms with van der Waals surface area (Å²) in [5.41, 5.74) is 2.71. The number of thioether (sulfide) groups is 1. The Balaban J connectivity index is 1.76. The van der Waals surface area contributed by atoms with Crippen molar-refractivity contribution in [1.82, 2.24) is 15.0 Å². The van der Waals surface area contributed by atoms with Gasteiger partial charge in [-0.1, -0.05) is 5.21 Å². The summed E-state index contributed by atoms with van der Waals surface area (Å²) >= 11 is 1.88. The molecule has 88 valence electrons. The maximum Gasteiger partial charge on any atom is 0.0859 e. The van der Waals surface area contributed by atoms with Gasteiger partial charge < -0.3 is 0 Å². The van der Waals surface area contributed by atoms with E-state index in [1.807, 2.05) is 11.8 Å². The molecule has 0 bridgehead atoms. The number of fused-ring (bicyclic) bond motifs is 2. The minimum Gasteiger partial charge on any atom is -0.248 e. The molecule has 1 fully saturated rings. The lowest BCUT2D eigenvalue weighted by Gasteiger charge is -2.10. The second-order valence-corrected chi connectivity index (χ2v) is 6.02. The molecular formula is C12H19N3S. The predicted molar refractivity (Wildman–Crippen MR) is 66.6 cm³/mol. The zero-order valence-corrected chi connectivity index (χ0v) is 10.7. The summed E-state index contributed by atoms with van der Waals surface area (Å²) in [4.78, 5) is 0. The van der Waals surface area contributed by atoms with E-state index in [0.29, 0.717) is 0 Å². The molecule has 0 aromatic carbocycles. The van der Waals surface area contributed by atoms with E-state index >= 15 is 0 Å². The van der Waals surface area contributed by atoms with Crippen molar-refractivity contribution in [1.29, 1.82) is 0 Å². The number of rotatable bonds is 3. The van der Waals surface area contributed by atoms with Crippen molar-refractivity contribution in [2.75, 3.05) is 12.0 Å². The van der Waals surface area contributed by atoms with Crippen molar-refractivity contribution in [2.45, 2.75) is 38.6 Å². The highest BCUT2D eigenvalue weighted by atomic mass is 32.2. The molecule has 2 atom stereocenters. The zero-order valence-electron chi connectivity index (χ0n) is 9.85. The average Bonchev–Trinajstić information content (AvgIpc) is 2.90. The second-order valence-electron chi connectivity index (χ2n) is 5.03. The molecule has 3 nitrogen and oxygen atoms in total. The molecule has 0 amide bonds. The molecule has 1 aromatic rings. The molecule has 3 rings (SSSR count). The number of aromatic nitrogens is 3. The van der Waals surface area contributed by atoms with Gasteiger partial charge in [-0.25, -0.2) is 4.68 Å². The van der Waals surface area contributed by atoms with Gasteiger partial charge in [0.1, 0.15) is 0 Å². The van der Waals surface area contributed by atoms with Crippen LogP contribution in [0.4, 0.5) is 0 Å². The number of nitrogens with zero attached hydrogens (tertiary/aromatic N) is 3.